The average molecular weight is 499 g/mol. The third kappa shape index (κ3) is 6.04. The maximum absolute atomic E-state index is 13.3. The number of ether oxygens (including phenoxy) is 1. The van der Waals surface area contributed by atoms with E-state index in [0.29, 0.717) is 16.8 Å². The first-order chi connectivity index (χ1) is 17.3. The zero-order valence-electron chi connectivity index (χ0n) is 20.2. The number of alkyl halides is 3. The van der Waals surface area contributed by atoms with Crippen molar-refractivity contribution in [1.29, 1.82) is 0 Å². The Balaban J connectivity index is 0.00000176. The third-order valence-electron chi connectivity index (χ3n) is 4.74. The second-order valence-electron chi connectivity index (χ2n) is 7.19. The van der Waals surface area contributed by atoms with Crippen molar-refractivity contribution in [3.05, 3.63) is 78.0 Å². The van der Waals surface area contributed by atoms with E-state index in [0.717, 1.165) is 10.7 Å². The van der Waals surface area contributed by atoms with Gasteiger partial charge in [0.2, 0.25) is 5.95 Å². The minimum atomic E-state index is -4.63. The molecule has 8 nitrogen and oxygen atoms in total. The fourth-order valence-electron chi connectivity index (χ4n) is 3.19. The number of nitrogens with one attached hydrogen (secondary N) is 1. The number of nitrogens with zero attached hydrogens (tertiary/aromatic N) is 5. The van der Waals surface area contributed by atoms with Crippen molar-refractivity contribution >= 4 is 17.6 Å². The van der Waals surface area contributed by atoms with Gasteiger partial charge in [0.05, 0.1) is 12.2 Å². The highest BCUT2D eigenvalue weighted by molar-refractivity contribution is 5.90. The molecule has 0 radical (unpaired) electrons. The van der Waals surface area contributed by atoms with Crippen LogP contribution in [0.2, 0.25) is 0 Å². The molecule has 0 amide bonds. The Morgan fingerprint density at radius 3 is 2.44 bits per heavy atom. The lowest BCUT2D eigenvalue weighted by molar-refractivity contribution is -0.141. The number of rotatable bonds is 6. The maximum atomic E-state index is 13.3. The fraction of sp³-hybridized carbons (Fsp3) is 0.240. The van der Waals surface area contributed by atoms with Gasteiger partial charge < -0.3 is 10.1 Å². The zero-order valence-corrected chi connectivity index (χ0v) is 20.2. The van der Waals surface area contributed by atoms with Gasteiger partial charge in [-0.3, -0.25) is 4.98 Å². The zero-order chi connectivity index (χ0) is 26.3. The van der Waals surface area contributed by atoms with E-state index in [1.165, 1.54) is 31.6 Å². The number of benzene rings is 1. The minimum Gasteiger partial charge on any atom is -0.462 e. The summed E-state index contributed by atoms with van der Waals surface area (Å²) in [6.45, 7) is 7.36. The molecule has 0 bridgehead atoms. The van der Waals surface area contributed by atoms with Gasteiger partial charge in [0.1, 0.15) is 0 Å². The van der Waals surface area contributed by atoms with Crippen LogP contribution in [0.4, 0.5) is 24.8 Å². The first-order valence-electron chi connectivity index (χ1n) is 11.2. The Hall–Kier alpha value is -4.28. The van der Waals surface area contributed by atoms with Crippen LogP contribution < -0.4 is 5.32 Å². The summed E-state index contributed by atoms with van der Waals surface area (Å²) in [6, 6.07) is 11.5. The average Bonchev–Trinajstić information content (AvgIpc) is 3.28. The minimum absolute atomic E-state index is 0.0873. The van der Waals surface area contributed by atoms with Gasteiger partial charge in [0.15, 0.2) is 11.5 Å². The van der Waals surface area contributed by atoms with Crippen molar-refractivity contribution < 1.29 is 22.7 Å². The van der Waals surface area contributed by atoms with Gasteiger partial charge in [-0.2, -0.15) is 23.3 Å². The van der Waals surface area contributed by atoms with E-state index in [9.17, 15) is 18.0 Å². The molecule has 36 heavy (non-hydrogen) atoms. The maximum Gasteiger partial charge on any atom is 0.435 e. The third-order valence-corrected chi connectivity index (χ3v) is 4.74. The summed E-state index contributed by atoms with van der Waals surface area (Å²) in [7, 11) is 0. The number of anilines is 2. The molecule has 0 aliphatic rings. The molecule has 188 valence electrons. The normalized spacial score (nSPS) is 10.9. The molecule has 0 aliphatic carbocycles. The van der Waals surface area contributed by atoms with E-state index in [4.69, 9.17) is 4.74 Å². The number of carbonyl (C=O) groups excluding carboxylic acids is 1. The summed E-state index contributed by atoms with van der Waals surface area (Å²) >= 11 is 0. The second-order valence-corrected chi connectivity index (χ2v) is 7.19. The summed E-state index contributed by atoms with van der Waals surface area (Å²) in [5.74, 6) is -0.330. The van der Waals surface area contributed by atoms with Crippen molar-refractivity contribution in [3.8, 4) is 16.9 Å². The molecule has 11 heteroatoms. The molecular formula is C25H25F3N6O2. The first kappa shape index (κ1) is 26.3. The Labute approximate surface area is 206 Å². The number of carbonyl (C=O) groups is 1. The van der Waals surface area contributed by atoms with E-state index in [2.05, 4.69) is 25.4 Å². The van der Waals surface area contributed by atoms with E-state index in [1.54, 1.807) is 19.1 Å². The lowest BCUT2D eigenvalue weighted by Crippen LogP contribution is -2.11. The summed E-state index contributed by atoms with van der Waals surface area (Å²) in [5, 5.41) is 6.75. The quantitative estimate of drug-likeness (QED) is 0.326. The topological polar surface area (TPSA) is 94.8 Å². The first-order valence-corrected chi connectivity index (χ1v) is 11.2. The van der Waals surface area contributed by atoms with Crippen molar-refractivity contribution in [1.82, 2.24) is 24.7 Å². The van der Waals surface area contributed by atoms with Gasteiger partial charge >= 0.3 is 12.1 Å². The Morgan fingerprint density at radius 2 is 1.81 bits per heavy atom. The second kappa shape index (κ2) is 11.4. The monoisotopic (exact) mass is 498 g/mol. The number of aromatic nitrogens is 5. The van der Waals surface area contributed by atoms with Crippen LogP contribution in [0.3, 0.4) is 0 Å². The Bertz CT molecular complexity index is 1320. The van der Waals surface area contributed by atoms with Gasteiger partial charge in [0, 0.05) is 41.1 Å². The Morgan fingerprint density at radius 1 is 1.08 bits per heavy atom. The molecule has 4 rings (SSSR count). The van der Waals surface area contributed by atoms with E-state index >= 15 is 0 Å². The van der Waals surface area contributed by atoms with Crippen LogP contribution >= 0.6 is 0 Å². The highest BCUT2D eigenvalue weighted by Gasteiger charge is 2.35. The van der Waals surface area contributed by atoms with E-state index in [-0.39, 0.29) is 29.6 Å². The van der Waals surface area contributed by atoms with Crippen LogP contribution in [-0.4, -0.2) is 37.3 Å². The standard InChI is InChI=1S/C23H19F3N6O2.C2H6/c1-3-34-21(33)16-10-15(11-27-12-16)18-13-28-22(29-17-7-5-4-6-8-17)30-20(18)32-14(2)9-19(31-32)23(24,25)26;1-2/h4-13H,3H2,1-2H3,(H,28,29,30);1-2H3. The number of aryl methyl sites for hydroxylation is 1. The van der Waals surface area contributed by atoms with Crippen molar-refractivity contribution in [2.24, 2.45) is 0 Å². The molecule has 0 saturated heterocycles. The number of pyridine rings is 1. The van der Waals surface area contributed by atoms with Gasteiger partial charge in [-0.15, -0.1) is 0 Å². The lowest BCUT2D eigenvalue weighted by Gasteiger charge is -2.13. The molecule has 4 aromatic rings. The number of esters is 1. The Kier molecular flexibility index (Phi) is 8.36. The van der Waals surface area contributed by atoms with Crippen LogP contribution in [0.5, 0.6) is 0 Å². The van der Waals surface area contributed by atoms with Crippen molar-refractivity contribution in [2.45, 2.75) is 33.9 Å². The molecule has 0 saturated carbocycles. The summed E-state index contributed by atoms with van der Waals surface area (Å²) in [6.07, 6.45) is -0.388. The van der Waals surface area contributed by atoms with Gasteiger partial charge in [0.25, 0.3) is 0 Å². The summed E-state index contributed by atoms with van der Waals surface area (Å²) in [5.41, 5.74) is 0.788. The summed E-state index contributed by atoms with van der Waals surface area (Å²) < 4.78 is 46.1. The smallest absolute Gasteiger partial charge is 0.435 e. The van der Waals surface area contributed by atoms with Crippen molar-refractivity contribution in [3.63, 3.8) is 0 Å². The van der Waals surface area contributed by atoms with E-state index in [1.807, 2.05) is 32.0 Å². The lowest BCUT2D eigenvalue weighted by atomic mass is 10.1. The van der Waals surface area contributed by atoms with Crippen LogP contribution in [0.1, 0.15) is 42.5 Å². The van der Waals surface area contributed by atoms with Gasteiger partial charge in [-0.05, 0) is 38.1 Å². The summed E-state index contributed by atoms with van der Waals surface area (Å²) in [4.78, 5) is 25.0. The molecule has 0 fully saturated rings. The van der Waals surface area contributed by atoms with Crippen LogP contribution in [0.25, 0.3) is 16.9 Å². The molecule has 1 aromatic carbocycles. The molecule has 0 unspecified atom stereocenters. The highest BCUT2D eigenvalue weighted by Crippen LogP contribution is 2.32. The molecule has 0 spiro atoms. The molecule has 1 N–H and O–H groups in total. The SMILES string of the molecule is CC.CCOC(=O)c1cncc(-c2cnc(Nc3ccccc3)nc2-n2nc(C(F)(F)F)cc2C)c1. The number of para-hydroxylation sites is 1. The van der Waals surface area contributed by atoms with E-state index < -0.39 is 17.8 Å². The van der Waals surface area contributed by atoms with Gasteiger partial charge in [-0.25, -0.2) is 14.5 Å². The highest BCUT2D eigenvalue weighted by atomic mass is 19.4. The number of hydrogen-bond acceptors (Lipinski definition) is 7. The van der Waals surface area contributed by atoms with Crippen molar-refractivity contribution in [2.75, 3.05) is 11.9 Å². The van der Waals surface area contributed by atoms with Crippen LogP contribution in [-0.2, 0) is 10.9 Å². The largest absolute Gasteiger partial charge is 0.462 e. The number of halogens is 3. The molecule has 0 atom stereocenters. The fourth-order valence-corrected chi connectivity index (χ4v) is 3.19. The molecule has 3 heterocycles. The van der Waals surface area contributed by atoms with Gasteiger partial charge in [-0.1, -0.05) is 32.0 Å². The van der Waals surface area contributed by atoms with Crippen LogP contribution in [0.15, 0.2) is 61.1 Å². The predicted molar refractivity (Wildman–Crippen MR) is 129 cm³/mol. The predicted octanol–water partition coefficient (Wildman–Crippen LogP) is 6.00. The molecule has 3 aromatic heterocycles. The number of hydrogen-bond donors (Lipinski definition) is 1. The molecule has 0 aliphatic heterocycles. The van der Waals surface area contributed by atoms with Crippen LogP contribution in [0, 0.1) is 6.92 Å². The molecular weight excluding hydrogens is 473 g/mol.